The molecule has 1 rings (SSSR count). The first-order chi connectivity index (χ1) is 8.29. The second-order valence-corrected chi connectivity index (χ2v) is 5.39. The molecule has 0 heterocycles. The van der Waals surface area contributed by atoms with Crippen molar-refractivity contribution >= 4 is 19.1 Å². The zero-order valence-corrected chi connectivity index (χ0v) is 10.3. The van der Waals surface area contributed by atoms with Crippen LogP contribution in [-0.2, 0) is 9.36 Å². The molecule has 7 heteroatoms. The van der Waals surface area contributed by atoms with E-state index in [2.05, 4.69) is 0 Å². The molecule has 1 aromatic carbocycles. The van der Waals surface area contributed by atoms with Gasteiger partial charge in [0, 0.05) is 0 Å². The largest absolute Gasteiger partial charge is 0.480 e. The Kier molecular flexibility index (Phi) is 4.81. The average Bonchev–Trinajstić information content (AvgIpc) is 2.27. The number of carbonyl (C=O) groups is 1. The smallest absolute Gasteiger partial charge is 0.329 e. The predicted molar refractivity (Wildman–Crippen MR) is 66.9 cm³/mol. The van der Waals surface area contributed by atoms with E-state index in [9.17, 15) is 9.36 Å². The summed E-state index contributed by atoms with van der Waals surface area (Å²) in [6, 6.07) is 7.10. The van der Waals surface area contributed by atoms with Gasteiger partial charge >= 0.3 is 13.6 Å². The molecule has 0 fully saturated rings. The Bertz CT molecular complexity index is 493. The number of carboxylic acid groups (broad SMARTS) is 1. The van der Waals surface area contributed by atoms with Crippen molar-refractivity contribution < 1.29 is 24.3 Å². The number of aliphatic carboxylic acids is 1. The molecule has 0 aliphatic rings. The third-order valence-corrected chi connectivity index (χ3v) is 2.94. The fourth-order valence-corrected chi connectivity index (χ4v) is 2.13. The van der Waals surface area contributed by atoms with Gasteiger partial charge in [0.1, 0.15) is 6.04 Å². The van der Waals surface area contributed by atoms with Crippen LogP contribution in [0.5, 0.6) is 0 Å². The molecule has 0 saturated heterocycles. The van der Waals surface area contributed by atoms with Crippen LogP contribution in [0.15, 0.2) is 36.4 Å². The van der Waals surface area contributed by atoms with Gasteiger partial charge in [0.15, 0.2) is 0 Å². The maximum atomic E-state index is 11.0. The minimum Gasteiger partial charge on any atom is -0.480 e. The number of carboxylic acids is 1. The van der Waals surface area contributed by atoms with Crippen LogP contribution in [0.25, 0.3) is 5.57 Å². The van der Waals surface area contributed by atoms with Crippen LogP contribution in [0.1, 0.15) is 5.56 Å². The van der Waals surface area contributed by atoms with Crippen LogP contribution in [-0.4, -0.2) is 33.1 Å². The van der Waals surface area contributed by atoms with Gasteiger partial charge in [0.2, 0.25) is 0 Å². The number of hydrogen-bond acceptors (Lipinski definition) is 3. The van der Waals surface area contributed by atoms with Gasteiger partial charge in [-0.2, -0.15) is 0 Å². The number of allylic oxidation sites excluding steroid dienone is 1. The van der Waals surface area contributed by atoms with E-state index in [-0.39, 0.29) is 5.57 Å². The van der Waals surface area contributed by atoms with Gasteiger partial charge in [-0.3, -0.25) is 9.36 Å². The highest BCUT2D eigenvalue weighted by molar-refractivity contribution is 7.52. The number of rotatable bonds is 5. The molecule has 0 aliphatic heterocycles. The van der Waals surface area contributed by atoms with Crippen LogP contribution in [0.2, 0.25) is 0 Å². The van der Waals surface area contributed by atoms with Gasteiger partial charge in [-0.1, -0.05) is 36.4 Å². The third kappa shape index (κ3) is 4.81. The molecule has 6 nitrogen and oxygen atoms in total. The van der Waals surface area contributed by atoms with Crippen LogP contribution < -0.4 is 5.73 Å². The summed E-state index contributed by atoms with van der Waals surface area (Å²) < 4.78 is 11.0. The highest BCUT2D eigenvalue weighted by atomic mass is 31.2. The summed E-state index contributed by atoms with van der Waals surface area (Å²) in [6.07, 6.45) is 0.606. The van der Waals surface area contributed by atoms with E-state index in [1.54, 1.807) is 30.3 Å². The Hall–Kier alpha value is -1.46. The van der Waals surface area contributed by atoms with E-state index in [0.717, 1.165) is 6.08 Å². The van der Waals surface area contributed by atoms with Gasteiger partial charge in [-0.25, -0.2) is 0 Å². The fourth-order valence-electron chi connectivity index (χ4n) is 1.40. The minimum absolute atomic E-state index is 0.221. The molecule has 0 bridgehead atoms. The molecule has 18 heavy (non-hydrogen) atoms. The summed E-state index contributed by atoms with van der Waals surface area (Å²) in [7, 11) is -4.29. The van der Waals surface area contributed by atoms with Crippen molar-refractivity contribution in [3.63, 3.8) is 0 Å². The Morgan fingerprint density at radius 3 is 2.33 bits per heavy atom. The monoisotopic (exact) mass is 271 g/mol. The lowest BCUT2D eigenvalue weighted by Gasteiger charge is -2.11. The summed E-state index contributed by atoms with van der Waals surface area (Å²) in [5, 5.41) is 8.71. The fraction of sp³-hybridized carbons (Fsp3) is 0.182. The highest BCUT2D eigenvalue weighted by Gasteiger charge is 2.19. The van der Waals surface area contributed by atoms with Gasteiger partial charge in [-0.05, 0) is 11.1 Å². The van der Waals surface area contributed by atoms with Crippen molar-refractivity contribution in [3.8, 4) is 0 Å². The average molecular weight is 271 g/mol. The van der Waals surface area contributed by atoms with Crippen LogP contribution in [0.3, 0.4) is 0 Å². The normalized spacial score (nSPS) is 14.3. The van der Waals surface area contributed by atoms with Crippen LogP contribution in [0, 0.1) is 0 Å². The number of benzene rings is 1. The first kappa shape index (κ1) is 14.6. The van der Waals surface area contributed by atoms with E-state index < -0.39 is 25.8 Å². The highest BCUT2D eigenvalue weighted by Crippen LogP contribution is 2.39. The van der Waals surface area contributed by atoms with Crippen molar-refractivity contribution in [1.29, 1.82) is 0 Å². The predicted octanol–water partition coefficient (Wildman–Crippen LogP) is 0.660. The van der Waals surface area contributed by atoms with Crippen LogP contribution >= 0.6 is 7.60 Å². The second kappa shape index (κ2) is 5.93. The van der Waals surface area contributed by atoms with E-state index in [1.807, 2.05) is 0 Å². The zero-order valence-electron chi connectivity index (χ0n) is 9.43. The summed E-state index contributed by atoms with van der Waals surface area (Å²) in [4.78, 5) is 28.6. The molecule has 0 spiro atoms. The third-order valence-electron chi connectivity index (χ3n) is 2.19. The molecule has 0 aliphatic carbocycles. The molecule has 5 N–H and O–H groups in total. The van der Waals surface area contributed by atoms with Crippen LogP contribution in [0.4, 0.5) is 0 Å². The maximum absolute atomic E-state index is 11.0. The Labute approximate surface area is 104 Å². The van der Waals surface area contributed by atoms with Gasteiger partial charge in [-0.15, -0.1) is 0 Å². The Morgan fingerprint density at radius 2 is 1.89 bits per heavy atom. The summed E-state index contributed by atoms with van der Waals surface area (Å²) >= 11 is 0. The topological polar surface area (TPSA) is 121 Å². The standard InChI is InChI=1S/C11H14NO5P/c12-10(11(13)14)6-9(7-18(15,16)17)8-4-2-1-3-5-8/h1-6,10H,7,12H2,(H,13,14)(H2,15,16,17)/b9-6-. The molecule has 1 unspecified atom stereocenters. The lowest BCUT2D eigenvalue weighted by Crippen LogP contribution is -2.28. The van der Waals surface area contributed by atoms with Gasteiger partial charge in [0.05, 0.1) is 6.16 Å². The molecule has 0 saturated carbocycles. The van der Waals surface area contributed by atoms with Gasteiger partial charge < -0.3 is 20.6 Å². The molecular weight excluding hydrogens is 257 g/mol. The Morgan fingerprint density at radius 1 is 1.33 bits per heavy atom. The van der Waals surface area contributed by atoms with Crippen molar-refractivity contribution in [2.45, 2.75) is 6.04 Å². The van der Waals surface area contributed by atoms with Crippen molar-refractivity contribution in [3.05, 3.63) is 42.0 Å². The molecule has 0 aromatic heterocycles. The SMILES string of the molecule is NC(/C=C(/CP(=O)(O)O)c1ccccc1)C(=O)O. The Balaban J connectivity index is 3.11. The lowest BCUT2D eigenvalue weighted by molar-refractivity contribution is -0.137. The molecular formula is C11H14NO5P. The quantitative estimate of drug-likeness (QED) is 0.584. The van der Waals surface area contributed by atoms with E-state index in [4.69, 9.17) is 20.6 Å². The van der Waals surface area contributed by atoms with E-state index in [1.165, 1.54) is 0 Å². The molecule has 0 amide bonds. The number of nitrogens with two attached hydrogens (primary N) is 1. The first-order valence-electron chi connectivity index (χ1n) is 5.08. The molecule has 98 valence electrons. The summed E-state index contributed by atoms with van der Waals surface area (Å²) in [6.45, 7) is 0. The summed E-state index contributed by atoms with van der Waals surface area (Å²) in [5.41, 5.74) is 6.11. The van der Waals surface area contributed by atoms with E-state index in [0.29, 0.717) is 5.56 Å². The molecule has 0 radical (unpaired) electrons. The van der Waals surface area contributed by atoms with E-state index >= 15 is 0 Å². The van der Waals surface area contributed by atoms with Crippen molar-refractivity contribution in [1.82, 2.24) is 0 Å². The van der Waals surface area contributed by atoms with Gasteiger partial charge in [0.25, 0.3) is 0 Å². The lowest BCUT2D eigenvalue weighted by atomic mass is 10.1. The molecule has 1 atom stereocenters. The zero-order chi connectivity index (χ0) is 13.8. The maximum Gasteiger partial charge on any atom is 0.329 e. The minimum atomic E-state index is -4.29. The van der Waals surface area contributed by atoms with Crippen molar-refractivity contribution in [2.75, 3.05) is 6.16 Å². The molecule has 1 aromatic rings. The number of hydrogen-bond donors (Lipinski definition) is 4. The summed E-state index contributed by atoms with van der Waals surface area (Å²) in [5.74, 6) is -1.26. The first-order valence-corrected chi connectivity index (χ1v) is 6.88. The van der Waals surface area contributed by atoms with Crippen molar-refractivity contribution in [2.24, 2.45) is 5.73 Å². The second-order valence-electron chi connectivity index (χ2n) is 3.74.